The van der Waals surface area contributed by atoms with E-state index in [1.54, 1.807) is 30.5 Å². The molecule has 9 heteroatoms. The molecule has 0 bridgehead atoms. The average molecular weight is 485 g/mol. The molecule has 1 amide bonds. The van der Waals surface area contributed by atoms with Crippen LogP contribution in [0.25, 0.3) is 5.69 Å². The van der Waals surface area contributed by atoms with Crippen LogP contribution in [-0.4, -0.2) is 23.3 Å². The summed E-state index contributed by atoms with van der Waals surface area (Å²) < 4.78 is 7.40. The molecule has 1 heterocycles. The fourth-order valence-electron chi connectivity index (χ4n) is 2.88. The van der Waals surface area contributed by atoms with Crippen molar-refractivity contribution in [3.8, 4) is 11.4 Å². The molecule has 0 spiro atoms. The summed E-state index contributed by atoms with van der Waals surface area (Å²) in [5, 5.41) is 5.80. The van der Waals surface area contributed by atoms with E-state index < -0.39 is 5.91 Å². The van der Waals surface area contributed by atoms with Crippen molar-refractivity contribution in [2.75, 3.05) is 6.61 Å². The lowest BCUT2D eigenvalue weighted by molar-refractivity contribution is -0.123. The normalized spacial score (nSPS) is 11.1. The second-order valence-electron chi connectivity index (χ2n) is 6.42. The van der Waals surface area contributed by atoms with E-state index in [0.717, 1.165) is 22.6 Å². The molecule has 0 fully saturated rings. The number of ether oxygens (including phenoxy) is 1. The summed E-state index contributed by atoms with van der Waals surface area (Å²) >= 11 is 24.0. The van der Waals surface area contributed by atoms with Crippen LogP contribution in [0, 0.1) is 13.8 Å². The largest absolute Gasteiger partial charge is 0.482 e. The second-order valence-corrected chi connectivity index (χ2v) is 8.07. The van der Waals surface area contributed by atoms with Crippen molar-refractivity contribution in [2.45, 2.75) is 13.8 Å². The zero-order valence-electron chi connectivity index (χ0n) is 16.0. The zero-order valence-corrected chi connectivity index (χ0v) is 19.1. The lowest BCUT2D eigenvalue weighted by Crippen LogP contribution is -2.24. The number of carbonyl (C=O) groups is 1. The molecule has 0 saturated carbocycles. The molecule has 3 rings (SSSR count). The van der Waals surface area contributed by atoms with Crippen LogP contribution < -0.4 is 10.2 Å². The van der Waals surface area contributed by atoms with E-state index in [9.17, 15) is 4.79 Å². The maximum Gasteiger partial charge on any atom is 0.277 e. The van der Waals surface area contributed by atoms with Gasteiger partial charge in [0.25, 0.3) is 5.91 Å². The van der Waals surface area contributed by atoms with Crippen LogP contribution in [-0.2, 0) is 4.79 Å². The minimum absolute atomic E-state index is 0.235. The van der Waals surface area contributed by atoms with Gasteiger partial charge in [0.2, 0.25) is 0 Å². The number of halogens is 4. The summed E-state index contributed by atoms with van der Waals surface area (Å²) in [6, 6.07) is 12.2. The Balaban J connectivity index is 1.65. The standard InChI is InChI=1S/C21H17Cl4N3O2/c1-12-7-14(13(2)28(12)16-4-5-17(23)18(24)9-16)10-26-27-21(29)11-30-20-6-3-15(22)8-19(20)25/h3-10H,11H2,1-2H3,(H,27,29)/b26-10-. The molecule has 0 aliphatic rings. The molecule has 1 N–H and O–H groups in total. The smallest absolute Gasteiger partial charge is 0.277 e. The number of carbonyl (C=O) groups excluding carboxylic acids is 1. The van der Waals surface area contributed by atoms with Crippen LogP contribution in [0.3, 0.4) is 0 Å². The first-order valence-corrected chi connectivity index (χ1v) is 10.3. The first kappa shape index (κ1) is 22.5. The topological polar surface area (TPSA) is 55.6 Å². The Morgan fingerprint density at radius 1 is 1.03 bits per heavy atom. The number of benzene rings is 2. The predicted molar refractivity (Wildman–Crippen MR) is 123 cm³/mol. The Hall–Kier alpha value is -2.18. The highest BCUT2D eigenvalue weighted by atomic mass is 35.5. The number of nitrogens with one attached hydrogen (secondary N) is 1. The third kappa shape index (κ3) is 5.29. The van der Waals surface area contributed by atoms with Gasteiger partial charge in [-0.05, 0) is 56.3 Å². The maximum atomic E-state index is 12.0. The summed E-state index contributed by atoms with van der Waals surface area (Å²) in [5.41, 5.74) is 6.09. The van der Waals surface area contributed by atoms with E-state index in [1.807, 2.05) is 30.5 Å². The molecule has 0 aliphatic carbocycles. The molecule has 0 radical (unpaired) electrons. The molecule has 156 valence electrons. The van der Waals surface area contributed by atoms with Crippen molar-refractivity contribution in [2.24, 2.45) is 5.10 Å². The molecule has 3 aromatic rings. The van der Waals surface area contributed by atoms with Crippen molar-refractivity contribution in [1.29, 1.82) is 0 Å². The van der Waals surface area contributed by atoms with E-state index in [-0.39, 0.29) is 6.61 Å². The van der Waals surface area contributed by atoms with Gasteiger partial charge in [-0.15, -0.1) is 0 Å². The number of rotatable bonds is 6. The Morgan fingerprint density at radius 2 is 1.80 bits per heavy atom. The molecular weight excluding hydrogens is 468 g/mol. The monoisotopic (exact) mass is 483 g/mol. The molecule has 5 nitrogen and oxygen atoms in total. The van der Waals surface area contributed by atoms with Crippen LogP contribution in [0.2, 0.25) is 20.1 Å². The number of hydrogen-bond donors (Lipinski definition) is 1. The van der Waals surface area contributed by atoms with Gasteiger partial charge in [0.1, 0.15) is 5.75 Å². The highest BCUT2D eigenvalue weighted by Gasteiger charge is 2.11. The van der Waals surface area contributed by atoms with E-state index in [2.05, 4.69) is 10.5 Å². The van der Waals surface area contributed by atoms with Crippen LogP contribution in [0.4, 0.5) is 0 Å². The molecule has 30 heavy (non-hydrogen) atoms. The molecule has 0 saturated heterocycles. The first-order chi connectivity index (χ1) is 14.3. The number of amides is 1. The van der Waals surface area contributed by atoms with Gasteiger partial charge >= 0.3 is 0 Å². The van der Waals surface area contributed by atoms with Crippen LogP contribution in [0.1, 0.15) is 17.0 Å². The van der Waals surface area contributed by atoms with Crippen molar-refractivity contribution in [3.63, 3.8) is 0 Å². The predicted octanol–water partition coefficient (Wildman–Crippen LogP) is 6.24. The molecule has 0 aliphatic heterocycles. The third-order valence-corrected chi connectivity index (χ3v) is 5.55. The Morgan fingerprint density at radius 3 is 2.50 bits per heavy atom. The van der Waals surface area contributed by atoms with E-state index in [4.69, 9.17) is 51.1 Å². The van der Waals surface area contributed by atoms with E-state index in [0.29, 0.717) is 25.8 Å². The molecular formula is C21H17Cl4N3O2. The quantitative estimate of drug-likeness (QED) is 0.332. The lowest BCUT2D eigenvalue weighted by atomic mass is 10.2. The van der Waals surface area contributed by atoms with E-state index in [1.165, 1.54) is 6.07 Å². The average Bonchev–Trinajstić information content (AvgIpc) is 2.97. The van der Waals surface area contributed by atoms with Gasteiger partial charge in [0.15, 0.2) is 6.61 Å². The number of hydrogen-bond acceptors (Lipinski definition) is 3. The fourth-order valence-corrected chi connectivity index (χ4v) is 3.64. The van der Waals surface area contributed by atoms with Gasteiger partial charge in [0.05, 0.1) is 21.3 Å². The number of hydrazone groups is 1. The lowest BCUT2D eigenvalue weighted by Gasteiger charge is -2.10. The highest BCUT2D eigenvalue weighted by Crippen LogP contribution is 2.28. The maximum absolute atomic E-state index is 12.0. The van der Waals surface area contributed by atoms with Crippen molar-refractivity contribution < 1.29 is 9.53 Å². The van der Waals surface area contributed by atoms with Crippen molar-refractivity contribution in [1.82, 2.24) is 9.99 Å². The van der Waals surface area contributed by atoms with E-state index >= 15 is 0 Å². The first-order valence-electron chi connectivity index (χ1n) is 8.80. The van der Waals surface area contributed by atoms with Gasteiger partial charge in [-0.1, -0.05) is 46.4 Å². The Bertz CT molecular complexity index is 1130. The summed E-state index contributed by atoms with van der Waals surface area (Å²) in [7, 11) is 0. The Kier molecular flexibility index (Phi) is 7.32. The summed E-state index contributed by atoms with van der Waals surface area (Å²) in [5.74, 6) is -0.0547. The third-order valence-electron chi connectivity index (χ3n) is 4.28. The van der Waals surface area contributed by atoms with Crippen LogP contribution >= 0.6 is 46.4 Å². The molecule has 0 atom stereocenters. The van der Waals surface area contributed by atoms with Crippen LogP contribution in [0.5, 0.6) is 5.75 Å². The molecule has 1 aromatic heterocycles. The SMILES string of the molecule is Cc1cc(/C=N\NC(=O)COc2ccc(Cl)cc2Cl)c(C)n1-c1ccc(Cl)c(Cl)c1. The summed E-state index contributed by atoms with van der Waals surface area (Å²) in [4.78, 5) is 12.0. The summed E-state index contributed by atoms with van der Waals surface area (Å²) in [6.45, 7) is 3.68. The molecule has 0 unspecified atom stereocenters. The highest BCUT2D eigenvalue weighted by molar-refractivity contribution is 6.42. The van der Waals surface area contributed by atoms with Gasteiger partial charge < -0.3 is 9.30 Å². The number of aromatic nitrogens is 1. The van der Waals surface area contributed by atoms with Gasteiger partial charge in [-0.3, -0.25) is 4.79 Å². The van der Waals surface area contributed by atoms with Gasteiger partial charge in [0, 0.05) is 27.7 Å². The molecule has 2 aromatic carbocycles. The minimum atomic E-state index is -0.421. The van der Waals surface area contributed by atoms with Gasteiger partial charge in [-0.25, -0.2) is 5.43 Å². The fraction of sp³-hybridized carbons (Fsp3) is 0.143. The van der Waals surface area contributed by atoms with Crippen LogP contribution in [0.15, 0.2) is 47.6 Å². The Labute approximate surface area is 194 Å². The van der Waals surface area contributed by atoms with Crippen molar-refractivity contribution in [3.05, 3.63) is 79.5 Å². The minimum Gasteiger partial charge on any atom is -0.482 e. The zero-order chi connectivity index (χ0) is 21.8. The second kappa shape index (κ2) is 9.75. The number of aryl methyl sites for hydroxylation is 1. The van der Waals surface area contributed by atoms with Crippen molar-refractivity contribution >= 4 is 58.5 Å². The number of nitrogens with zero attached hydrogens (tertiary/aromatic N) is 2. The summed E-state index contributed by atoms with van der Waals surface area (Å²) in [6.07, 6.45) is 1.57. The van der Waals surface area contributed by atoms with Gasteiger partial charge in [-0.2, -0.15) is 5.10 Å².